The highest BCUT2D eigenvalue weighted by Gasteiger charge is 2.13. The molecule has 2 amide bonds. The molecule has 1 heterocycles. The fourth-order valence-electron chi connectivity index (χ4n) is 3.27. The Morgan fingerprint density at radius 1 is 0.865 bits per heavy atom. The van der Waals surface area contributed by atoms with E-state index in [1.54, 1.807) is 54.6 Å². The molecular formula is C28H23N3O6. The van der Waals surface area contributed by atoms with Crippen molar-refractivity contribution in [3.8, 4) is 11.5 Å². The number of hydrogen-bond donors (Lipinski definition) is 2. The molecule has 2 N–H and O–H groups in total. The number of anilines is 1. The molecule has 4 rings (SSSR count). The zero-order valence-corrected chi connectivity index (χ0v) is 20.1. The number of amides is 2. The number of nitrogens with one attached hydrogen (secondary N) is 2. The highest BCUT2D eigenvalue weighted by Crippen LogP contribution is 2.28. The maximum atomic E-state index is 12.5. The van der Waals surface area contributed by atoms with E-state index in [0.717, 1.165) is 5.56 Å². The van der Waals surface area contributed by atoms with E-state index < -0.39 is 17.8 Å². The molecule has 4 aromatic rings. The Bertz CT molecular complexity index is 1440. The van der Waals surface area contributed by atoms with Gasteiger partial charge < -0.3 is 19.2 Å². The Balaban J connectivity index is 1.37. The molecule has 3 aromatic carbocycles. The number of furan rings is 1. The summed E-state index contributed by atoms with van der Waals surface area (Å²) >= 11 is 0. The van der Waals surface area contributed by atoms with Gasteiger partial charge in [0.05, 0.1) is 25.2 Å². The molecule has 0 aliphatic heterocycles. The summed E-state index contributed by atoms with van der Waals surface area (Å²) in [5, 5.41) is 6.65. The average molecular weight is 498 g/mol. The number of carbonyl (C=O) groups is 3. The van der Waals surface area contributed by atoms with E-state index in [2.05, 4.69) is 15.8 Å². The number of benzene rings is 3. The number of carbonyl (C=O) groups excluding carboxylic acids is 3. The van der Waals surface area contributed by atoms with Crippen molar-refractivity contribution in [1.29, 1.82) is 0 Å². The zero-order chi connectivity index (χ0) is 26.2. The van der Waals surface area contributed by atoms with Gasteiger partial charge in [-0.25, -0.2) is 10.2 Å². The normalized spacial score (nSPS) is 10.6. The minimum absolute atomic E-state index is 0.158. The number of aryl methyl sites for hydroxylation is 1. The summed E-state index contributed by atoms with van der Waals surface area (Å²) in [7, 11) is 1.46. The van der Waals surface area contributed by atoms with Crippen molar-refractivity contribution in [3.05, 3.63) is 113 Å². The Hall–Kier alpha value is -5.18. The zero-order valence-electron chi connectivity index (χ0n) is 20.1. The van der Waals surface area contributed by atoms with Crippen LogP contribution in [0.25, 0.3) is 0 Å². The first-order valence-corrected chi connectivity index (χ1v) is 11.2. The minimum atomic E-state index is -0.505. The Kier molecular flexibility index (Phi) is 7.75. The van der Waals surface area contributed by atoms with Crippen LogP contribution >= 0.6 is 0 Å². The van der Waals surface area contributed by atoms with Crippen LogP contribution in [0.15, 0.2) is 94.6 Å². The summed E-state index contributed by atoms with van der Waals surface area (Å²) in [4.78, 5) is 37.1. The van der Waals surface area contributed by atoms with Gasteiger partial charge in [-0.1, -0.05) is 23.8 Å². The van der Waals surface area contributed by atoms with E-state index in [9.17, 15) is 14.4 Å². The van der Waals surface area contributed by atoms with Crippen molar-refractivity contribution >= 4 is 29.7 Å². The maximum absolute atomic E-state index is 12.5. The molecule has 0 fully saturated rings. The Labute approximate surface area is 212 Å². The van der Waals surface area contributed by atoms with Crippen LogP contribution in [0.3, 0.4) is 0 Å². The van der Waals surface area contributed by atoms with Gasteiger partial charge in [-0.3, -0.25) is 9.59 Å². The standard InChI is InChI=1S/C28H23N3O6/c1-18-8-11-20(12-9-18)28(34)37-23-13-10-19(15-25(23)35-2)17-29-31-26(32)21-5-3-6-22(16-21)30-27(33)24-7-4-14-36-24/h3-17H,1-2H3,(H,30,33)(H,31,32). The van der Waals surface area contributed by atoms with Gasteiger partial charge in [-0.15, -0.1) is 0 Å². The lowest BCUT2D eigenvalue weighted by molar-refractivity contribution is 0.0729. The lowest BCUT2D eigenvalue weighted by atomic mass is 10.1. The fraction of sp³-hybridized carbons (Fsp3) is 0.0714. The second-order valence-corrected chi connectivity index (χ2v) is 7.88. The van der Waals surface area contributed by atoms with E-state index in [4.69, 9.17) is 13.9 Å². The van der Waals surface area contributed by atoms with Gasteiger partial charge >= 0.3 is 5.97 Å². The first-order chi connectivity index (χ1) is 17.9. The molecular weight excluding hydrogens is 474 g/mol. The third-order valence-corrected chi connectivity index (χ3v) is 5.18. The molecule has 0 saturated carbocycles. The van der Waals surface area contributed by atoms with Crippen LogP contribution in [0.5, 0.6) is 11.5 Å². The van der Waals surface area contributed by atoms with Crippen LogP contribution < -0.4 is 20.2 Å². The molecule has 186 valence electrons. The van der Waals surface area contributed by atoms with Crippen molar-refractivity contribution in [2.24, 2.45) is 5.10 Å². The molecule has 9 nitrogen and oxygen atoms in total. The first-order valence-electron chi connectivity index (χ1n) is 11.2. The second-order valence-electron chi connectivity index (χ2n) is 7.88. The smallest absolute Gasteiger partial charge is 0.343 e. The number of hydrazone groups is 1. The van der Waals surface area contributed by atoms with E-state index >= 15 is 0 Å². The molecule has 37 heavy (non-hydrogen) atoms. The molecule has 0 aliphatic rings. The molecule has 0 spiro atoms. The molecule has 0 radical (unpaired) electrons. The van der Waals surface area contributed by atoms with Crippen LogP contribution in [0.4, 0.5) is 5.69 Å². The average Bonchev–Trinajstić information content (AvgIpc) is 3.45. The van der Waals surface area contributed by atoms with E-state index in [1.807, 2.05) is 19.1 Å². The molecule has 0 saturated heterocycles. The predicted octanol–water partition coefficient (Wildman–Crippen LogP) is 4.83. The molecule has 0 bridgehead atoms. The van der Waals surface area contributed by atoms with Crippen LogP contribution in [0.1, 0.15) is 42.4 Å². The van der Waals surface area contributed by atoms with Gasteiger partial charge in [-0.2, -0.15) is 5.10 Å². The van der Waals surface area contributed by atoms with Crippen LogP contribution in [0.2, 0.25) is 0 Å². The summed E-state index contributed by atoms with van der Waals surface area (Å²) in [5.41, 5.74) is 5.23. The summed E-state index contributed by atoms with van der Waals surface area (Å²) in [5.74, 6) is -0.665. The van der Waals surface area contributed by atoms with Crippen molar-refractivity contribution in [2.45, 2.75) is 6.92 Å². The molecule has 9 heteroatoms. The van der Waals surface area contributed by atoms with Gasteiger partial charge in [0.1, 0.15) is 0 Å². The SMILES string of the molecule is COc1cc(C=NNC(=O)c2cccc(NC(=O)c3ccco3)c2)ccc1OC(=O)c1ccc(C)cc1. The molecule has 0 aliphatic carbocycles. The van der Waals surface area contributed by atoms with Gasteiger partial charge in [0.2, 0.25) is 0 Å². The van der Waals surface area contributed by atoms with Crippen molar-refractivity contribution < 1.29 is 28.3 Å². The largest absolute Gasteiger partial charge is 0.493 e. The minimum Gasteiger partial charge on any atom is -0.493 e. The van der Waals surface area contributed by atoms with E-state index in [0.29, 0.717) is 28.1 Å². The summed E-state index contributed by atoms with van der Waals surface area (Å²) in [6, 6.07) is 21.5. The monoisotopic (exact) mass is 497 g/mol. The molecule has 0 unspecified atom stereocenters. The lowest BCUT2D eigenvalue weighted by Crippen LogP contribution is -2.18. The quantitative estimate of drug-likeness (QED) is 0.156. The van der Waals surface area contributed by atoms with E-state index in [-0.39, 0.29) is 11.5 Å². The Morgan fingerprint density at radius 3 is 2.41 bits per heavy atom. The summed E-state index contributed by atoms with van der Waals surface area (Å²) < 4.78 is 15.9. The number of methoxy groups -OCH3 is 1. The van der Waals surface area contributed by atoms with Crippen molar-refractivity contribution in [1.82, 2.24) is 5.43 Å². The lowest BCUT2D eigenvalue weighted by Gasteiger charge is -2.10. The van der Waals surface area contributed by atoms with Gasteiger partial charge in [0.25, 0.3) is 11.8 Å². The number of hydrogen-bond acceptors (Lipinski definition) is 7. The van der Waals surface area contributed by atoms with Crippen molar-refractivity contribution in [3.63, 3.8) is 0 Å². The number of ether oxygens (including phenoxy) is 2. The van der Waals surface area contributed by atoms with Gasteiger partial charge in [0, 0.05) is 11.3 Å². The summed E-state index contributed by atoms with van der Waals surface area (Å²) in [6.45, 7) is 1.93. The number of esters is 1. The van der Waals surface area contributed by atoms with Crippen LogP contribution in [0, 0.1) is 6.92 Å². The second kappa shape index (κ2) is 11.5. The predicted molar refractivity (Wildman–Crippen MR) is 137 cm³/mol. The van der Waals surface area contributed by atoms with E-state index in [1.165, 1.54) is 31.7 Å². The van der Waals surface area contributed by atoms with Crippen LogP contribution in [-0.4, -0.2) is 31.1 Å². The number of rotatable bonds is 8. The summed E-state index contributed by atoms with van der Waals surface area (Å²) in [6.07, 6.45) is 2.83. The Morgan fingerprint density at radius 2 is 1.68 bits per heavy atom. The third kappa shape index (κ3) is 6.49. The topological polar surface area (TPSA) is 119 Å². The first kappa shape index (κ1) is 24.9. The fourth-order valence-corrected chi connectivity index (χ4v) is 3.27. The number of nitrogens with zero attached hydrogens (tertiary/aromatic N) is 1. The maximum Gasteiger partial charge on any atom is 0.343 e. The van der Waals surface area contributed by atoms with Crippen LogP contribution in [-0.2, 0) is 0 Å². The third-order valence-electron chi connectivity index (χ3n) is 5.18. The highest BCUT2D eigenvalue weighted by atomic mass is 16.6. The van der Waals surface area contributed by atoms with Crippen molar-refractivity contribution in [2.75, 3.05) is 12.4 Å². The van der Waals surface area contributed by atoms with Gasteiger partial charge in [0.15, 0.2) is 17.3 Å². The molecule has 0 atom stereocenters. The molecule has 1 aromatic heterocycles. The van der Waals surface area contributed by atoms with Gasteiger partial charge in [-0.05, 0) is 73.2 Å². The highest BCUT2D eigenvalue weighted by molar-refractivity contribution is 6.03.